The SMILES string of the molecule is COc1ccccc1OCC(=O)Nc1cccc(NC(=O)c2ccccc2OC)c1. The molecule has 154 valence electrons. The first-order valence-corrected chi connectivity index (χ1v) is 9.21. The van der Waals surface area contributed by atoms with Crippen LogP contribution in [0.3, 0.4) is 0 Å². The number of anilines is 2. The number of methoxy groups -OCH3 is 2. The first kappa shape index (κ1) is 20.7. The highest BCUT2D eigenvalue weighted by Crippen LogP contribution is 2.26. The van der Waals surface area contributed by atoms with Crippen LogP contribution in [-0.4, -0.2) is 32.6 Å². The predicted molar refractivity (Wildman–Crippen MR) is 115 cm³/mol. The maximum atomic E-state index is 12.5. The third-order valence-electron chi connectivity index (χ3n) is 4.18. The van der Waals surface area contributed by atoms with E-state index in [0.29, 0.717) is 34.2 Å². The van der Waals surface area contributed by atoms with E-state index in [4.69, 9.17) is 14.2 Å². The van der Waals surface area contributed by atoms with Crippen LogP contribution in [0, 0.1) is 0 Å². The molecule has 0 spiro atoms. The van der Waals surface area contributed by atoms with Crippen molar-refractivity contribution in [3.05, 3.63) is 78.4 Å². The van der Waals surface area contributed by atoms with Crippen LogP contribution in [0.15, 0.2) is 72.8 Å². The summed E-state index contributed by atoms with van der Waals surface area (Å²) in [6.07, 6.45) is 0. The number of hydrogen-bond donors (Lipinski definition) is 2. The minimum absolute atomic E-state index is 0.182. The van der Waals surface area contributed by atoms with E-state index in [1.165, 1.54) is 14.2 Å². The van der Waals surface area contributed by atoms with Crippen molar-refractivity contribution in [2.24, 2.45) is 0 Å². The predicted octanol–water partition coefficient (Wildman–Crippen LogP) is 3.97. The van der Waals surface area contributed by atoms with Crippen molar-refractivity contribution >= 4 is 23.2 Å². The van der Waals surface area contributed by atoms with Crippen LogP contribution in [0.5, 0.6) is 17.2 Å². The standard InChI is InChI=1S/C23H22N2O5/c1-28-19-11-4-3-10-18(19)23(27)25-17-9-7-8-16(14-17)24-22(26)15-30-21-13-6-5-12-20(21)29-2/h3-14H,15H2,1-2H3,(H,24,26)(H,25,27). The second-order valence-corrected chi connectivity index (χ2v) is 6.22. The molecular formula is C23H22N2O5. The Morgan fingerprint density at radius 3 is 2.03 bits per heavy atom. The van der Waals surface area contributed by atoms with Crippen molar-refractivity contribution in [1.29, 1.82) is 0 Å². The topological polar surface area (TPSA) is 85.9 Å². The molecule has 3 aromatic rings. The first-order chi connectivity index (χ1) is 14.6. The van der Waals surface area contributed by atoms with Gasteiger partial charge in [-0.05, 0) is 42.5 Å². The van der Waals surface area contributed by atoms with E-state index >= 15 is 0 Å². The van der Waals surface area contributed by atoms with E-state index in [1.54, 1.807) is 66.7 Å². The molecule has 0 saturated heterocycles. The van der Waals surface area contributed by atoms with Crippen molar-refractivity contribution in [1.82, 2.24) is 0 Å². The molecule has 0 heterocycles. The van der Waals surface area contributed by atoms with Gasteiger partial charge in [0.15, 0.2) is 18.1 Å². The van der Waals surface area contributed by atoms with Crippen molar-refractivity contribution in [2.45, 2.75) is 0 Å². The van der Waals surface area contributed by atoms with Gasteiger partial charge in [0.1, 0.15) is 5.75 Å². The van der Waals surface area contributed by atoms with E-state index in [-0.39, 0.29) is 18.4 Å². The van der Waals surface area contributed by atoms with E-state index in [2.05, 4.69) is 10.6 Å². The molecule has 0 aliphatic carbocycles. The quantitative estimate of drug-likeness (QED) is 0.591. The lowest BCUT2D eigenvalue weighted by molar-refractivity contribution is -0.118. The number of carbonyl (C=O) groups is 2. The fraction of sp³-hybridized carbons (Fsp3) is 0.130. The average Bonchev–Trinajstić information content (AvgIpc) is 2.78. The highest BCUT2D eigenvalue weighted by Gasteiger charge is 2.12. The molecule has 0 radical (unpaired) electrons. The third-order valence-corrected chi connectivity index (χ3v) is 4.18. The van der Waals surface area contributed by atoms with Gasteiger partial charge >= 0.3 is 0 Å². The van der Waals surface area contributed by atoms with Crippen LogP contribution in [0.2, 0.25) is 0 Å². The largest absolute Gasteiger partial charge is 0.496 e. The number of amides is 2. The Bertz CT molecular complexity index is 1040. The Balaban J connectivity index is 1.61. The summed E-state index contributed by atoms with van der Waals surface area (Å²) < 4.78 is 15.9. The number of para-hydroxylation sites is 3. The number of ether oxygens (including phenoxy) is 3. The summed E-state index contributed by atoms with van der Waals surface area (Å²) in [7, 11) is 3.04. The zero-order valence-corrected chi connectivity index (χ0v) is 16.7. The van der Waals surface area contributed by atoms with Gasteiger partial charge in [-0.2, -0.15) is 0 Å². The van der Waals surface area contributed by atoms with E-state index in [0.717, 1.165) is 0 Å². The number of benzene rings is 3. The fourth-order valence-corrected chi connectivity index (χ4v) is 2.78. The summed E-state index contributed by atoms with van der Waals surface area (Å²) in [4.78, 5) is 24.8. The molecule has 30 heavy (non-hydrogen) atoms. The van der Waals surface area contributed by atoms with Crippen LogP contribution in [0.1, 0.15) is 10.4 Å². The van der Waals surface area contributed by atoms with Crippen LogP contribution in [0.25, 0.3) is 0 Å². The summed E-state index contributed by atoms with van der Waals surface area (Å²) in [5.74, 6) is 0.858. The van der Waals surface area contributed by atoms with Gasteiger partial charge < -0.3 is 24.8 Å². The van der Waals surface area contributed by atoms with Crippen LogP contribution in [0.4, 0.5) is 11.4 Å². The summed E-state index contributed by atoms with van der Waals surface area (Å²) in [5.41, 5.74) is 1.48. The average molecular weight is 406 g/mol. The molecule has 7 heteroatoms. The molecule has 0 aromatic heterocycles. The smallest absolute Gasteiger partial charge is 0.262 e. The van der Waals surface area contributed by atoms with Gasteiger partial charge in [-0.15, -0.1) is 0 Å². The Kier molecular flexibility index (Phi) is 6.89. The second kappa shape index (κ2) is 9.97. The van der Waals surface area contributed by atoms with Gasteiger partial charge in [-0.1, -0.05) is 30.3 Å². The normalized spacial score (nSPS) is 10.1. The summed E-state index contributed by atoms with van der Waals surface area (Å²) in [6, 6.07) is 20.9. The number of carbonyl (C=O) groups excluding carboxylic acids is 2. The highest BCUT2D eigenvalue weighted by molar-refractivity contribution is 6.06. The molecule has 0 unspecified atom stereocenters. The van der Waals surface area contributed by atoms with Gasteiger partial charge in [0, 0.05) is 11.4 Å². The molecule has 2 N–H and O–H groups in total. The molecule has 0 fully saturated rings. The third kappa shape index (κ3) is 5.29. The van der Waals surface area contributed by atoms with Gasteiger partial charge in [-0.25, -0.2) is 0 Å². The second-order valence-electron chi connectivity index (χ2n) is 6.22. The van der Waals surface area contributed by atoms with E-state index < -0.39 is 0 Å². The monoisotopic (exact) mass is 406 g/mol. The lowest BCUT2D eigenvalue weighted by Gasteiger charge is -2.12. The highest BCUT2D eigenvalue weighted by atomic mass is 16.5. The van der Waals surface area contributed by atoms with E-state index in [1.807, 2.05) is 6.07 Å². The van der Waals surface area contributed by atoms with Gasteiger partial charge in [0.2, 0.25) is 0 Å². The molecule has 0 aliphatic heterocycles. The Hall–Kier alpha value is -4.00. The van der Waals surface area contributed by atoms with Gasteiger partial charge in [-0.3, -0.25) is 9.59 Å². The molecule has 2 amide bonds. The Morgan fingerprint density at radius 2 is 1.33 bits per heavy atom. The molecule has 0 atom stereocenters. The number of nitrogens with one attached hydrogen (secondary N) is 2. The molecule has 0 saturated carbocycles. The van der Waals surface area contributed by atoms with Gasteiger partial charge in [0.25, 0.3) is 11.8 Å². The van der Waals surface area contributed by atoms with Crippen molar-refractivity contribution in [3.63, 3.8) is 0 Å². The van der Waals surface area contributed by atoms with Crippen molar-refractivity contribution < 1.29 is 23.8 Å². The molecule has 3 aromatic carbocycles. The summed E-state index contributed by atoms with van der Waals surface area (Å²) in [6.45, 7) is -0.182. The maximum absolute atomic E-state index is 12.5. The zero-order chi connectivity index (χ0) is 21.3. The van der Waals surface area contributed by atoms with Gasteiger partial charge in [0.05, 0.1) is 19.8 Å². The molecule has 3 rings (SSSR count). The number of rotatable bonds is 8. The minimum Gasteiger partial charge on any atom is -0.496 e. The lowest BCUT2D eigenvalue weighted by atomic mass is 10.2. The number of hydrogen-bond acceptors (Lipinski definition) is 5. The Labute approximate surface area is 174 Å². The molecular weight excluding hydrogens is 384 g/mol. The molecule has 0 bridgehead atoms. The zero-order valence-electron chi connectivity index (χ0n) is 16.7. The van der Waals surface area contributed by atoms with E-state index in [9.17, 15) is 9.59 Å². The summed E-state index contributed by atoms with van der Waals surface area (Å²) >= 11 is 0. The fourth-order valence-electron chi connectivity index (χ4n) is 2.78. The maximum Gasteiger partial charge on any atom is 0.262 e. The Morgan fingerprint density at radius 1 is 0.733 bits per heavy atom. The van der Waals surface area contributed by atoms with Crippen molar-refractivity contribution in [3.8, 4) is 17.2 Å². The first-order valence-electron chi connectivity index (χ1n) is 9.21. The summed E-state index contributed by atoms with van der Waals surface area (Å²) in [5, 5.41) is 5.55. The van der Waals surface area contributed by atoms with Crippen LogP contribution >= 0.6 is 0 Å². The minimum atomic E-state index is -0.339. The van der Waals surface area contributed by atoms with Crippen molar-refractivity contribution in [2.75, 3.05) is 31.5 Å². The molecule has 0 aliphatic rings. The molecule has 7 nitrogen and oxygen atoms in total. The lowest BCUT2D eigenvalue weighted by Crippen LogP contribution is -2.20. The van der Waals surface area contributed by atoms with Crippen LogP contribution < -0.4 is 24.8 Å². The van der Waals surface area contributed by atoms with Crippen LogP contribution in [-0.2, 0) is 4.79 Å².